The Morgan fingerprint density at radius 3 is 2.67 bits per heavy atom. The zero-order chi connectivity index (χ0) is 12.4. The molecule has 1 unspecified atom stereocenters. The van der Waals surface area contributed by atoms with Gasteiger partial charge < -0.3 is 14.8 Å². The van der Waals surface area contributed by atoms with Gasteiger partial charge in [0, 0.05) is 11.6 Å². The van der Waals surface area contributed by atoms with Crippen molar-refractivity contribution in [1.82, 2.24) is 5.32 Å². The van der Waals surface area contributed by atoms with Crippen LogP contribution < -0.4 is 14.8 Å². The van der Waals surface area contributed by atoms with Crippen molar-refractivity contribution in [3.63, 3.8) is 0 Å². The van der Waals surface area contributed by atoms with Gasteiger partial charge in [0.15, 0.2) is 11.5 Å². The van der Waals surface area contributed by atoms with Crippen molar-refractivity contribution < 1.29 is 9.47 Å². The molecule has 2 aliphatic rings. The summed E-state index contributed by atoms with van der Waals surface area (Å²) in [7, 11) is 1.72. The number of ether oxygens (including phenoxy) is 2. The molecule has 0 amide bonds. The Bertz CT molecular complexity index is 409. The van der Waals surface area contributed by atoms with E-state index >= 15 is 0 Å². The second kappa shape index (κ2) is 5.19. The maximum atomic E-state index is 6.15. The Morgan fingerprint density at radius 1 is 1.17 bits per heavy atom. The van der Waals surface area contributed by atoms with Crippen molar-refractivity contribution in [2.45, 2.75) is 44.2 Å². The van der Waals surface area contributed by atoms with Crippen LogP contribution in [0.1, 0.15) is 43.7 Å². The van der Waals surface area contributed by atoms with E-state index < -0.39 is 0 Å². The smallest absolute Gasteiger partial charge is 0.166 e. The molecule has 1 aromatic carbocycles. The van der Waals surface area contributed by atoms with Gasteiger partial charge in [0.1, 0.15) is 0 Å². The first-order valence-corrected chi connectivity index (χ1v) is 6.95. The van der Waals surface area contributed by atoms with Crippen LogP contribution in [0.25, 0.3) is 0 Å². The average molecular weight is 247 g/mol. The van der Waals surface area contributed by atoms with E-state index in [-0.39, 0.29) is 0 Å². The Morgan fingerprint density at radius 2 is 2.06 bits per heavy atom. The number of rotatable bonds is 4. The highest BCUT2D eigenvalue weighted by Gasteiger charge is 2.26. The van der Waals surface area contributed by atoms with Crippen LogP contribution in [0.15, 0.2) is 18.2 Å². The number of para-hydroxylation sites is 1. The van der Waals surface area contributed by atoms with Gasteiger partial charge in [-0.2, -0.15) is 0 Å². The summed E-state index contributed by atoms with van der Waals surface area (Å²) in [5.74, 6) is 1.83. The van der Waals surface area contributed by atoms with Crippen molar-refractivity contribution in [3.8, 4) is 11.5 Å². The van der Waals surface area contributed by atoms with Crippen LogP contribution in [-0.2, 0) is 0 Å². The normalized spacial score (nSPS) is 23.7. The molecule has 3 heteroatoms. The molecule has 1 N–H and O–H groups in total. The van der Waals surface area contributed by atoms with Gasteiger partial charge >= 0.3 is 0 Å². The average Bonchev–Trinajstić information content (AvgIpc) is 2.87. The lowest BCUT2D eigenvalue weighted by Crippen LogP contribution is -2.26. The fraction of sp³-hybridized carbons (Fsp3) is 0.600. The second-order valence-electron chi connectivity index (χ2n) is 5.20. The van der Waals surface area contributed by atoms with Crippen LogP contribution >= 0.6 is 0 Å². The van der Waals surface area contributed by atoms with Gasteiger partial charge in [-0.1, -0.05) is 12.1 Å². The van der Waals surface area contributed by atoms with E-state index in [9.17, 15) is 0 Å². The van der Waals surface area contributed by atoms with Crippen molar-refractivity contribution >= 4 is 0 Å². The third-order valence-electron chi connectivity index (χ3n) is 4.00. The summed E-state index contributed by atoms with van der Waals surface area (Å²) in [6.07, 6.45) is 6.46. The highest BCUT2D eigenvalue weighted by molar-refractivity contribution is 5.48. The van der Waals surface area contributed by atoms with Crippen LogP contribution in [0, 0.1) is 0 Å². The maximum absolute atomic E-state index is 6.15. The highest BCUT2D eigenvalue weighted by atomic mass is 16.5. The van der Waals surface area contributed by atoms with E-state index in [2.05, 4.69) is 17.4 Å². The molecular formula is C15H21NO2. The summed E-state index contributed by atoms with van der Waals surface area (Å²) in [6, 6.07) is 6.64. The van der Waals surface area contributed by atoms with Crippen LogP contribution in [0.5, 0.6) is 11.5 Å². The monoisotopic (exact) mass is 247 g/mol. The fourth-order valence-corrected chi connectivity index (χ4v) is 2.70. The first-order chi connectivity index (χ1) is 8.88. The molecular weight excluding hydrogens is 226 g/mol. The Balaban J connectivity index is 1.89. The van der Waals surface area contributed by atoms with Crippen molar-refractivity contribution in [2.75, 3.05) is 13.7 Å². The Labute approximate surface area is 108 Å². The van der Waals surface area contributed by atoms with E-state index in [0.717, 1.165) is 18.0 Å². The topological polar surface area (TPSA) is 30.5 Å². The standard InChI is InChI=1S/C15H21NO2/c1-17-14-9-3-7-12(13-8-4-10-16-13)15(14)18-11-5-2-6-11/h3,7,9,11,13,16H,2,4-6,8,10H2,1H3. The molecule has 0 aromatic heterocycles. The molecule has 3 rings (SSSR count). The largest absolute Gasteiger partial charge is 0.493 e. The summed E-state index contributed by atoms with van der Waals surface area (Å²) in [5, 5.41) is 3.54. The lowest BCUT2D eigenvalue weighted by atomic mass is 9.95. The van der Waals surface area contributed by atoms with Gasteiger partial charge in [-0.15, -0.1) is 0 Å². The zero-order valence-electron chi connectivity index (χ0n) is 10.9. The summed E-state index contributed by atoms with van der Waals surface area (Å²) in [4.78, 5) is 0. The first-order valence-electron chi connectivity index (χ1n) is 6.95. The number of nitrogens with one attached hydrogen (secondary N) is 1. The molecule has 1 atom stereocenters. The highest BCUT2D eigenvalue weighted by Crippen LogP contribution is 2.40. The number of methoxy groups -OCH3 is 1. The molecule has 1 aromatic rings. The molecule has 1 saturated carbocycles. The van der Waals surface area contributed by atoms with Gasteiger partial charge in [-0.3, -0.25) is 0 Å². The third kappa shape index (κ3) is 2.19. The molecule has 1 aliphatic carbocycles. The molecule has 0 spiro atoms. The Hall–Kier alpha value is -1.22. The summed E-state index contributed by atoms with van der Waals surface area (Å²) in [5.41, 5.74) is 1.26. The van der Waals surface area contributed by atoms with Gasteiger partial charge in [-0.25, -0.2) is 0 Å². The molecule has 1 aliphatic heterocycles. The molecule has 1 heterocycles. The quantitative estimate of drug-likeness (QED) is 0.887. The van der Waals surface area contributed by atoms with Gasteiger partial charge in [0.2, 0.25) is 0 Å². The Kier molecular flexibility index (Phi) is 3.41. The minimum Gasteiger partial charge on any atom is -0.493 e. The fourth-order valence-electron chi connectivity index (χ4n) is 2.70. The summed E-state index contributed by atoms with van der Waals surface area (Å²) < 4.78 is 11.6. The van der Waals surface area contributed by atoms with Crippen LogP contribution in [-0.4, -0.2) is 19.8 Å². The van der Waals surface area contributed by atoms with Crippen molar-refractivity contribution in [1.29, 1.82) is 0 Å². The van der Waals surface area contributed by atoms with E-state index in [1.54, 1.807) is 7.11 Å². The number of hydrogen-bond acceptors (Lipinski definition) is 3. The first kappa shape index (κ1) is 11.8. The predicted molar refractivity (Wildman–Crippen MR) is 71.2 cm³/mol. The second-order valence-corrected chi connectivity index (χ2v) is 5.20. The zero-order valence-corrected chi connectivity index (χ0v) is 10.9. The van der Waals surface area contributed by atoms with E-state index in [4.69, 9.17) is 9.47 Å². The lowest BCUT2D eigenvalue weighted by Gasteiger charge is -2.29. The van der Waals surface area contributed by atoms with Gasteiger partial charge in [-0.05, 0) is 44.7 Å². The molecule has 98 valence electrons. The lowest BCUT2D eigenvalue weighted by molar-refractivity contribution is 0.114. The van der Waals surface area contributed by atoms with Crippen LogP contribution in [0.2, 0.25) is 0 Å². The minimum absolute atomic E-state index is 0.390. The van der Waals surface area contributed by atoms with E-state index in [1.807, 2.05) is 6.07 Å². The van der Waals surface area contributed by atoms with E-state index in [0.29, 0.717) is 12.1 Å². The minimum atomic E-state index is 0.390. The summed E-state index contributed by atoms with van der Waals surface area (Å²) in [6.45, 7) is 1.10. The molecule has 18 heavy (non-hydrogen) atoms. The van der Waals surface area contributed by atoms with Crippen molar-refractivity contribution in [3.05, 3.63) is 23.8 Å². The van der Waals surface area contributed by atoms with Crippen molar-refractivity contribution in [2.24, 2.45) is 0 Å². The molecule has 2 fully saturated rings. The van der Waals surface area contributed by atoms with Crippen LogP contribution in [0.4, 0.5) is 0 Å². The molecule has 0 radical (unpaired) electrons. The predicted octanol–water partition coefficient (Wildman–Crippen LogP) is 3.05. The number of hydrogen-bond donors (Lipinski definition) is 1. The van der Waals surface area contributed by atoms with Gasteiger partial charge in [0.25, 0.3) is 0 Å². The maximum Gasteiger partial charge on any atom is 0.166 e. The molecule has 0 bridgehead atoms. The van der Waals surface area contributed by atoms with Crippen LogP contribution in [0.3, 0.4) is 0 Å². The molecule has 1 saturated heterocycles. The number of benzene rings is 1. The SMILES string of the molecule is COc1cccc(C2CCCN2)c1OC1CCC1. The van der Waals surface area contributed by atoms with Gasteiger partial charge in [0.05, 0.1) is 13.2 Å². The third-order valence-corrected chi connectivity index (χ3v) is 4.00. The summed E-state index contributed by atoms with van der Waals surface area (Å²) >= 11 is 0. The molecule has 3 nitrogen and oxygen atoms in total. The van der Waals surface area contributed by atoms with E-state index in [1.165, 1.54) is 37.7 Å².